The van der Waals surface area contributed by atoms with E-state index in [4.69, 9.17) is 5.84 Å². The molecule has 0 unspecified atom stereocenters. The Balaban J connectivity index is 2.03. The van der Waals surface area contributed by atoms with E-state index >= 15 is 0 Å². The standard InChI is InChI=1S/C10H17N5O/c1-7-8(13-6-14-9(7)15-11)12-5-10(16)3-2-4-10/h6,16H,2-5,11H2,1H3,(H2,12,13,14,15). The van der Waals surface area contributed by atoms with Crippen LogP contribution >= 0.6 is 0 Å². The van der Waals surface area contributed by atoms with Gasteiger partial charge in [0.05, 0.1) is 5.60 Å². The van der Waals surface area contributed by atoms with Crippen LogP contribution in [0.3, 0.4) is 0 Å². The molecule has 0 bridgehead atoms. The fourth-order valence-electron chi connectivity index (χ4n) is 1.78. The van der Waals surface area contributed by atoms with Crippen LogP contribution in [0.1, 0.15) is 24.8 Å². The highest BCUT2D eigenvalue weighted by molar-refractivity contribution is 5.55. The van der Waals surface area contributed by atoms with Gasteiger partial charge in [0, 0.05) is 12.1 Å². The summed E-state index contributed by atoms with van der Waals surface area (Å²) in [6.45, 7) is 2.40. The minimum atomic E-state index is -0.562. The van der Waals surface area contributed by atoms with Crippen LogP contribution in [0.25, 0.3) is 0 Å². The number of hydrazine groups is 1. The zero-order valence-electron chi connectivity index (χ0n) is 9.32. The Hall–Kier alpha value is -1.40. The molecule has 6 heteroatoms. The van der Waals surface area contributed by atoms with Crippen molar-refractivity contribution >= 4 is 11.6 Å². The van der Waals surface area contributed by atoms with Crippen molar-refractivity contribution in [3.63, 3.8) is 0 Å². The number of nitrogen functional groups attached to an aromatic ring is 1. The summed E-state index contributed by atoms with van der Waals surface area (Å²) in [6, 6.07) is 0. The summed E-state index contributed by atoms with van der Waals surface area (Å²) in [6.07, 6.45) is 4.24. The van der Waals surface area contributed by atoms with E-state index in [0.717, 1.165) is 24.8 Å². The number of hydrogen-bond acceptors (Lipinski definition) is 6. The molecule has 16 heavy (non-hydrogen) atoms. The number of nitrogens with one attached hydrogen (secondary N) is 2. The van der Waals surface area contributed by atoms with Crippen molar-refractivity contribution in [2.24, 2.45) is 5.84 Å². The molecule has 1 aliphatic carbocycles. The smallest absolute Gasteiger partial charge is 0.148 e. The minimum absolute atomic E-state index is 0.523. The Morgan fingerprint density at radius 2 is 2.12 bits per heavy atom. The lowest BCUT2D eigenvalue weighted by Crippen LogP contribution is -2.43. The van der Waals surface area contributed by atoms with Crippen molar-refractivity contribution < 1.29 is 5.11 Å². The van der Waals surface area contributed by atoms with Crippen LogP contribution in [0.4, 0.5) is 11.6 Å². The first-order valence-corrected chi connectivity index (χ1v) is 5.39. The van der Waals surface area contributed by atoms with Gasteiger partial charge in [0.1, 0.15) is 18.0 Å². The molecule has 1 aromatic rings. The SMILES string of the molecule is Cc1c(NN)ncnc1NCC1(O)CCC1. The third kappa shape index (κ3) is 2.07. The van der Waals surface area contributed by atoms with Crippen molar-refractivity contribution in [2.45, 2.75) is 31.8 Å². The first-order valence-electron chi connectivity index (χ1n) is 5.39. The van der Waals surface area contributed by atoms with Gasteiger partial charge in [-0.05, 0) is 26.2 Å². The molecule has 1 fully saturated rings. The first-order chi connectivity index (χ1) is 7.64. The second-order valence-corrected chi connectivity index (χ2v) is 4.27. The zero-order valence-corrected chi connectivity index (χ0v) is 9.32. The summed E-state index contributed by atoms with van der Waals surface area (Å²) in [7, 11) is 0. The molecule has 1 aromatic heterocycles. The third-order valence-electron chi connectivity index (χ3n) is 3.09. The van der Waals surface area contributed by atoms with Crippen LogP contribution in [0.15, 0.2) is 6.33 Å². The third-order valence-corrected chi connectivity index (χ3v) is 3.09. The van der Waals surface area contributed by atoms with Gasteiger partial charge < -0.3 is 15.8 Å². The average Bonchev–Trinajstić information content (AvgIpc) is 2.25. The van der Waals surface area contributed by atoms with Crippen molar-refractivity contribution in [3.05, 3.63) is 11.9 Å². The molecular formula is C10H17N5O. The van der Waals surface area contributed by atoms with Crippen molar-refractivity contribution in [1.82, 2.24) is 9.97 Å². The summed E-state index contributed by atoms with van der Waals surface area (Å²) in [5.41, 5.74) is 2.80. The van der Waals surface area contributed by atoms with E-state index in [-0.39, 0.29) is 0 Å². The summed E-state index contributed by atoms with van der Waals surface area (Å²) in [5.74, 6) is 6.63. The molecule has 6 nitrogen and oxygen atoms in total. The second-order valence-electron chi connectivity index (χ2n) is 4.27. The summed E-state index contributed by atoms with van der Waals surface area (Å²) in [5, 5.41) is 13.1. The lowest BCUT2D eigenvalue weighted by Gasteiger charge is -2.36. The molecule has 0 spiro atoms. The number of aromatic nitrogens is 2. The van der Waals surface area contributed by atoms with Gasteiger partial charge in [-0.3, -0.25) is 0 Å². The molecule has 1 heterocycles. The summed E-state index contributed by atoms with van der Waals surface area (Å²) >= 11 is 0. The molecule has 2 rings (SSSR count). The highest BCUT2D eigenvalue weighted by atomic mass is 16.3. The molecule has 1 saturated carbocycles. The Morgan fingerprint density at radius 1 is 1.44 bits per heavy atom. The maximum absolute atomic E-state index is 9.94. The number of rotatable bonds is 4. The summed E-state index contributed by atoms with van der Waals surface area (Å²) < 4.78 is 0. The molecule has 0 aliphatic heterocycles. The maximum Gasteiger partial charge on any atom is 0.148 e. The Kier molecular flexibility index (Phi) is 2.93. The molecule has 0 atom stereocenters. The van der Waals surface area contributed by atoms with Crippen molar-refractivity contribution in [2.75, 3.05) is 17.3 Å². The minimum Gasteiger partial charge on any atom is -0.388 e. The predicted octanol–water partition coefficient (Wildman–Crippen LogP) is 0.398. The average molecular weight is 223 g/mol. The van der Waals surface area contributed by atoms with Gasteiger partial charge in [0.25, 0.3) is 0 Å². The van der Waals surface area contributed by atoms with Gasteiger partial charge in [-0.2, -0.15) is 0 Å². The summed E-state index contributed by atoms with van der Waals surface area (Å²) in [4.78, 5) is 8.11. The lowest BCUT2D eigenvalue weighted by molar-refractivity contribution is -0.0202. The molecule has 1 aliphatic rings. The van der Waals surface area contributed by atoms with Crippen LogP contribution in [-0.2, 0) is 0 Å². The molecule has 88 valence electrons. The van der Waals surface area contributed by atoms with Gasteiger partial charge in [0.15, 0.2) is 0 Å². The second kappa shape index (κ2) is 4.23. The number of nitrogens with two attached hydrogens (primary N) is 1. The first kappa shape index (κ1) is 11.1. The van der Waals surface area contributed by atoms with Gasteiger partial charge in [-0.25, -0.2) is 15.8 Å². The Labute approximate surface area is 94.3 Å². The highest BCUT2D eigenvalue weighted by Gasteiger charge is 2.34. The molecular weight excluding hydrogens is 206 g/mol. The Bertz CT molecular complexity index is 377. The normalized spacial score (nSPS) is 17.7. The van der Waals surface area contributed by atoms with Crippen LogP contribution in [0.5, 0.6) is 0 Å². The fraction of sp³-hybridized carbons (Fsp3) is 0.600. The number of nitrogens with zero attached hydrogens (tertiary/aromatic N) is 2. The van der Waals surface area contributed by atoms with E-state index in [1.165, 1.54) is 6.33 Å². The van der Waals surface area contributed by atoms with E-state index in [9.17, 15) is 5.11 Å². The van der Waals surface area contributed by atoms with Crippen molar-refractivity contribution in [1.29, 1.82) is 0 Å². The van der Waals surface area contributed by atoms with E-state index in [1.54, 1.807) is 0 Å². The van der Waals surface area contributed by atoms with Gasteiger partial charge >= 0.3 is 0 Å². The quantitative estimate of drug-likeness (QED) is 0.436. The molecule has 0 saturated heterocycles. The van der Waals surface area contributed by atoms with Crippen molar-refractivity contribution in [3.8, 4) is 0 Å². The van der Waals surface area contributed by atoms with Gasteiger partial charge in [-0.1, -0.05) is 0 Å². The van der Waals surface area contributed by atoms with E-state index < -0.39 is 5.60 Å². The van der Waals surface area contributed by atoms with Crippen LogP contribution in [0, 0.1) is 6.92 Å². The number of aliphatic hydroxyl groups is 1. The van der Waals surface area contributed by atoms with Crippen LogP contribution in [0.2, 0.25) is 0 Å². The largest absolute Gasteiger partial charge is 0.388 e. The highest BCUT2D eigenvalue weighted by Crippen LogP contribution is 2.31. The maximum atomic E-state index is 9.94. The molecule has 0 radical (unpaired) electrons. The van der Waals surface area contributed by atoms with E-state index in [1.807, 2.05) is 6.92 Å². The van der Waals surface area contributed by atoms with Gasteiger partial charge in [0.2, 0.25) is 0 Å². The number of anilines is 2. The Morgan fingerprint density at radius 3 is 2.69 bits per heavy atom. The molecule has 0 amide bonds. The lowest BCUT2D eigenvalue weighted by atomic mass is 9.80. The van der Waals surface area contributed by atoms with Gasteiger partial charge in [-0.15, -0.1) is 0 Å². The molecule has 5 N–H and O–H groups in total. The zero-order chi connectivity index (χ0) is 11.6. The van der Waals surface area contributed by atoms with E-state index in [2.05, 4.69) is 20.7 Å². The monoisotopic (exact) mass is 223 g/mol. The predicted molar refractivity (Wildman–Crippen MR) is 61.9 cm³/mol. The van der Waals surface area contributed by atoms with Crippen LogP contribution < -0.4 is 16.6 Å². The fourth-order valence-corrected chi connectivity index (χ4v) is 1.78. The molecule has 0 aromatic carbocycles. The van der Waals surface area contributed by atoms with E-state index in [0.29, 0.717) is 18.2 Å². The van der Waals surface area contributed by atoms with Crippen LogP contribution in [-0.4, -0.2) is 27.2 Å². The number of hydrogen-bond donors (Lipinski definition) is 4. The topological polar surface area (TPSA) is 96.1 Å².